The fourth-order valence-electron chi connectivity index (χ4n) is 2.93. The fraction of sp³-hybridized carbons (Fsp3) is 0.0870. The number of carbonyl (C=O) groups is 1. The first-order valence-corrected chi connectivity index (χ1v) is 9.34. The Morgan fingerprint density at radius 1 is 1.10 bits per heavy atom. The lowest BCUT2D eigenvalue weighted by atomic mass is 10.2. The van der Waals surface area contributed by atoms with E-state index in [1.165, 1.54) is 0 Å². The number of nitrogens with zero attached hydrogens (tertiary/aromatic N) is 2. The van der Waals surface area contributed by atoms with Gasteiger partial charge in [-0.3, -0.25) is 4.79 Å². The molecule has 150 valence electrons. The lowest BCUT2D eigenvalue weighted by Gasteiger charge is -2.11. The zero-order chi connectivity index (χ0) is 20.8. The number of H-pyrrole nitrogens is 1. The Bertz CT molecular complexity index is 1190. The van der Waals surface area contributed by atoms with Gasteiger partial charge >= 0.3 is 0 Å². The number of nitrogens with one attached hydrogen (secondary N) is 2. The normalized spacial score (nSPS) is 11.0. The predicted octanol–water partition coefficient (Wildman–Crippen LogP) is 3.91. The molecule has 0 aliphatic rings. The Morgan fingerprint density at radius 3 is 2.80 bits per heavy atom. The lowest BCUT2D eigenvalue weighted by Crippen LogP contribution is -2.17. The third kappa shape index (κ3) is 4.47. The molecule has 4 rings (SSSR count). The number of hydrogen-bond acceptors (Lipinski definition) is 5. The SMILES string of the molecule is COc1cc(/C=N/NC(=O)c2ccc3nc[nH]c3c2)ccc1OCc1ccccc1. The van der Waals surface area contributed by atoms with E-state index in [2.05, 4.69) is 20.5 Å². The zero-order valence-corrected chi connectivity index (χ0v) is 16.3. The lowest BCUT2D eigenvalue weighted by molar-refractivity contribution is 0.0955. The van der Waals surface area contributed by atoms with Crippen LogP contribution in [0.1, 0.15) is 21.5 Å². The topological polar surface area (TPSA) is 88.6 Å². The van der Waals surface area contributed by atoms with Gasteiger partial charge in [-0.1, -0.05) is 30.3 Å². The molecule has 2 N–H and O–H groups in total. The van der Waals surface area contributed by atoms with Gasteiger partial charge in [0.2, 0.25) is 0 Å². The molecule has 0 atom stereocenters. The molecule has 0 unspecified atom stereocenters. The molecule has 0 saturated carbocycles. The molecule has 0 spiro atoms. The average Bonchev–Trinajstić information content (AvgIpc) is 3.26. The van der Waals surface area contributed by atoms with Gasteiger partial charge in [0.05, 0.1) is 30.7 Å². The molecule has 3 aromatic carbocycles. The maximum Gasteiger partial charge on any atom is 0.271 e. The molecule has 0 fully saturated rings. The van der Waals surface area contributed by atoms with Crippen molar-refractivity contribution < 1.29 is 14.3 Å². The molecule has 0 aliphatic heterocycles. The summed E-state index contributed by atoms with van der Waals surface area (Å²) in [6.07, 6.45) is 3.14. The number of carbonyl (C=O) groups excluding carboxylic acids is 1. The van der Waals surface area contributed by atoms with Gasteiger partial charge in [-0.05, 0) is 47.5 Å². The maximum absolute atomic E-state index is 12.3. The number of fused-ring (bicyclic) bond motifs is 1. The standard InChI is InChI=1S/C23H20N4O3/c1-29-22-11-17(7-10-21(22)30-14-16-5-3-2-4-6-16)13-26-27-23(28)18-8-9-19-20(12-18)25-15-24-19/h2-13,15H,14H2,1H3,(H,24,25)(H,27,28)/b26-13+. The number of hydrazone groups is 1. The summed E-state index contributed by atoms with van der Waals surface area (Å²) in [5.74, 6) is 0.916. The summed E-state index contributed by atoms with van der Waals surface area (Å²) in [7, 11) is 1.58. The summed E-state index contributed by atoms with van der Waals surface area (Å²) in [6, 6.07) is 20.6. The Labute approximate surface area is 173 Å². The third-order valence-electron chi connectivity index (χ3n) is 4.49. The zero-order valence-electron chi connectivity index (χ0n) is 16.3. The van der Waals surface area contributed by atoms with Crippen molar-refractivity contribution in [1.29, 1.82) is 0 Å². The van der Waals surface area contributed by atoms with Gasteiger partial charge < -0.3 is 14.5 Å². The van der Waals surface area contributed by atoms with Crippen LogP contribution in [0.2, 0.25) is 0 Å². The van der Waals surface area contributed by atoms with Crippen molar-refractivity contribution in [1.82, 2.24) is 15.4 Å². The van der Waals surface area contributed by atoms with Crippen molar-refractivity contribution in [3.63, 3.8) is 0 Å². The van der Waals surface area contributed by atoms with Gasteiger partial charge in [0, 0.05) is 5.56 Å². The van der Waals surface area contributed by atoms with Crippen molar-refractivity contribution in [2.75, 3.05) is 7.11 Å². The molecular formula is C23H20N4O3. The molecule has 4 aromatic rings. The van der Waals surface area contributed by atoms with E-state index in [0.717, 1.165) is 22.2 Å². The quantitative estimate of drug-likeness (QED) is 0.364. The first-order valence-electron chi connectivity index (χ1n) is 9.34. The molecule has 7 nitrogen and oxygen atoms in total. The van der Waals surface area contributed by atoms with Crippen molar-refractivity contribution in [2.24, 2.45) is 5.10 Å². The highest BCUT2D eigenvalue weighted by atomic mass is 16.5. The summed E-state index contributed by atoms with van der Waals surface area (Å²) >= 11 is 0. The molecule has 0 bridgehead atoms. The molecule has 0 saturated heterocycles. The van der Waals surface area contributed by atoms with E-state index >= 15 is 0 Å². The van der Waals surface area contributed by atoms with Crippen LogP contribution in [0.4, 0.5) is 0 Å². The van der Waals surface area contributed by atoms with Crippen LogP contribution >= 0.6 is 0 Å². The number of imidazole rings is 1. The van der Waals surface area contributed by atoms with Gasteiger partial charge in [0.15, 0.2) is 11.5 Å². The van der Waals surface area contributed by atoms with Crippen molar-refractivity contribution >= 4 is 23.2 Å². The van der Waals surface area contributed by atoms with Crippen LogP contribution in [0.3, 0.4) is 0 Å². The van der Waals surface area contributed by atoms with E-state index in [1.54, 1.807) is 43.9 Å². The van der Waals surface area contributed by atoms with E-state index in [0.29, 0.717) is 23.7 Å². The number of amides is 1. The predicted molar refractivity (Wildman–Crippen MR) is 115 cm³/mol. The second kappa shape index (κ2) is 8.91. The first kappa shape index (κ1) is 19.2. The van der Waals surface area contributed by atoms with E-state index in [4.69, 9.17) is 9.47 Å². The number of benzene rings is 3. The van der Waals surface area contributed by atoms with Crippen LogP contribution in [0.5, 0.6) is 11.5 Å². The van der Waals surface area contributed by atoms with Crippen LogP contribution in [0.25, 0.3) is 11.0 Å². The number of rotatable bonds is 7. The Hall–Kier alpha value is -4.13. The van der Waals surface area contributed by atoms with Gasteiger partial charge in [-0.2, -0.15) is 5.10 Å². The minimum atomic E-state index is -0.308. The van der Waals surface area contributed by atoms with Gasteiger partial charge in [-0.15, -0.1) is 0 Å². The molecule has 1 aromatic heterocycles. The van der Waals surface area contributed by atoms with E-state index in [9.17, 15) is 4.79 Å². The first-order chi connectivity index (χ1) is 14.7. The number of aromatic nitrogens is 2. The Morgan fingerprint density at radius 2 is 1.97 bits per heavy atom. The molecule has 1 heterocycles. The van der Waals surface area contributed by atoms with Gasteiger partial charge in [-0.25, -0.2) is 10.4 Å². The molecule has 0 aliphatic carbocycles. The monoisotopic (exact) mass is 400 g/mol. The van der Waals surface area contributed by atoms with Crippen LogP contribution in [0.15, 0.2) is 78.2 Å². The Kier molecular flexibility index (Phi) is 5.70. The highest BCUT2D eigenvalue weighted by Gasteiger charge is 2.08. The minimum Gasteiger partial charge on any atom is -0.493 e. The minimum absolute atomic E-state index is 0.308. The number of hydrogen-bond donors (Lipinski definition) is 2. The van der Waals surface area contributed by atoms with E-state index in [-0.39, 0.29) is 5.91 Å². The van der Waals surface area contributed by atoms with Crippen LogP contribution in [-0.2, 0) is 6.61 Å². The van der Waals surface area contributed by atoms with E-state index < -0.39 is 0 Å². The Balaban J connectivity index is 1.39. The molecular weight excluding hydrogens is 380 g/mol. The number of aromatic amines is 1. The molecule has 1 amide bonds. The van der Waals surface area contributed by atoms with Gasteiger partial charge in [0.1, 0.15) is 6.61 Å². The number of ether oxygens (including phenoxy) is 2. The largest absolute Gasteiger partial charge is 0.493 e. The summed E-state index contributed by atoms with van der Waals surface area (Å²) in [5.41, 5.74) is 6.45. The fourth-order valence-corrected chi connectivity index (χ4v) is 2.93. The second-order valence-corrected chi connectivity index (χ2v) is 6.52. The summed E-state index contributed by atoms with van der Waals surface area (Å²) in [5, 5.41) is 4.04. The third-order valence-corrected chi connectivity index (χ3v) is 4.49. The van der Waals surface area contributed by atoms with Crippen molar-refractivity contribution in [3.8, 4) is 11.5 Å². The number of methoxy groups -OCH3 is 1. The van der Waals surface area contributed by atoms with Crippen LogP contribution in [0, 0.1) is 0 Å². The second-order valence-electron chi connectivity index (χ2n) is 6.52. The molecule has 7 heteroatoms. The van der Waals surface area contributed by atoms with Crippen molar-refractivity contribution in [2.45, 2.75) is 6.61 Å². The molecule has 30 heavy (non-hydrogen) atoms. The summed E-state index contributed by atoms with van der Waals surface area (Å²) < 4.78 is 11.3. The highest BCUT2D eigenvalue weighted by Crippen LogP contribution is 2.28. The van der Waals surface area contributed by atoms with Crippen molar-refractivity contribution in [3.05, 3.63) is 89.7 Å². The molecule has 0 radical (unpaired) electrons. The summed E-state index contributed by atoms with van der Waals surface area (Å²) in [4.78, 5) is 19.4. The smallest absolute Gasteiger partial charge is 0.271 e. The van der Waals surface area contributed by atoms with Crippen LogP contribution < -0.4 is 14.9 Å². The highest BCUT2D eigenvalue weighted by molar-refractivity contribution is 5.97. The van der Waals surface area contributed by atoms with Crippen LogP contribution in [-0.4, -0.2) is 29.2 Å². The maximum atomic E-state index is 12.3. The average molecular weight is 400 g/mol. The van der Waals surface area contributed by atoms with Gasteiger partial charge in [0.25, 0.3) is 5.91 Å². The van der Waals surface area contributed by atoms with E-state index in [1.807, 2.05) is 42.5 Å². The summed E-state index contributed by atoms with van der Waals surface area (Å²) in [6.45, 7) is 0.446.